The molecule has 0 aromatic rings. The van der Waals surface area contributed by atoms with E-state index in [1.807, 2.05) is 0 Å². The highest BCUT2D eigenvalue weighted by Gasteiger charge is 2.46. The van der Waals surface area contributed by atoms with Crippen molar-refractivity contribution < 1.29 is 48.7 Å². The van der Waals surface area contributed by atoms with E-state index in [1.165, 1.54) is 0 Å². The van der Waals surface area contributed by atoms with Gasteiger partial charge >= 0.3 is 18.5 Å². The molecule has 12 heteroatoms. The predicted molar refractivity (Wildman–Crippen MR) is 64.3 cm³/mol. The van der Waals surface area contributed by atoms with Crippen LogP contribution in [0.3, 0.4) is 0 Å². The number of carbonyl (C=O) groups excluding carboxylic acids is 1. The van der Waals surface area contributed by atoms with E-state index in [2.05, 4.69) is 4.43 Å². The molecule has 138 valence electrons. The van der Waals surface area contributed by atoms with Crippen molar-refractivity contribution in [1.29, 1.82) is 0 Å². The molecule has 0 saturated heterocycles. The maximum atomic E-state index is 12.3. The topological polar surface area (TPSA) is 26.3 Å². The van der Waals surface area contributed by atoms with Gasteiger partial charge in [0, 0.05) is 19.3 Å². The zero-order valence-electron chi connectivity index (χ0n) is 12.0. The predicted octanol–water partition coefficient (Wildman–Crippen LogP) is 3.82. The van der Waals surface area contributed by atoms with Crippen molar-refractivity contribution in [3.8, 4) is 0 Å². The van der Waals surface area contributed by atoms with Crippen molar-refractivity contribution in [3.63, 3.8) is 0 Å². The van der Waals surface area contributed by atoms with Gasteiger partial charge in [-0.15, -0.1) is 0 Å². The first-order valence-corrected chi connectivity index (χ1v) is 7.21. The lowest BCUT2D eigenvalue weighted by Gasteiger charge is -2.32. The Kier molecular flexibility index (Phi) is 7.43. The number of hydrogen-bond donors (Lipinski definition) is 0. The number of carbonyl (C=O) groups is 1. The van der Waals surface area contributed by atoms with Crippen molar-refractivity contribution in [1.82, 2.24) is 0 Å². The highest BCUT2D eigenvalue weighted by Crippen LogP contribution is 2.43. The Morgan fingerprint density at radius 2 is 0.913 bits per heavy atom. The van der Waals surface area contributed by atoms with E-state index in [9.17, 15) is 44.3 Å². The van der Waals surface area contributed by atoms with Crippen molar-refractivity contribution in [2.24, 2.45) is 5.41 Å². The largest absolute Gasteiger partial charge is 0.528 e. The molecule has 0 unspecified atom stereocenters. The number of rotatable bonds is 7. The Morgan fingerprint density at radius 3 is 1.09 bits per heavy atom. The molecule has 0 heterocycles. The summed E-state index contributed by atoms with van der Waals surface area (Å²) in [5.74, 6) is -1.44. The molecular formula is C11H15F9O2Si. The van der Waals surface area contributed by atoms with Crippen LogP contribution in [-0.4, -0.2) is 35.0 Å². The van der Waals surface area contributed by atoms with Gasteiger partial charge in [0.15, 0.2) is 0 Å². The van der Waals surface area contributed by atoms with Crippen LogP contribution in [0.25, 0.3) is 0 Å². The molecule has 0 aliphatic rings. The summed E-state index contributed by atoms with van der Waals surface area (Å²) < 4.78 is 115. The number of alkyl halides is 9. The van der Waals surface area contributed by atoms with Crippen LogP contribution < -0.4 is 0 Å². The first-order chi connectivity index (χ1) is 10.1. The highest BCUT2D eigenvalue weighted by molar-refractivity contribution is 6.06. The summed E-state index contributed by atoms with van der Waals surface area (Å²) in [5.41, 5.74) is -2.46. The molecule has 0 aromatic carbocycles. The van der Waals surface area contributed by atoms with Crippen LogP contribution in [0.2, 0.25) is 0 Å². The van der Waals surface area contributed by atoms with Crippen LogP contribution in [0, 0.1) is 5.41 Å². The molecule has 0 radical (unpaired) electrons. The second kappa shape index (κ2) is 7.75. The highest BCUT2D eigenvalue weighted by atomic mass is 28.2. The van der Waals surface area contributed by atoms with Gasteiger partial charge in [-0.25, -0.2) is 0 Å². The second-order valence-electron chi connectivity index (χ2n) is 5.12. The molecule has 0 atom stereocenters. The van der Waals surface area contributed by atoms with E-state index < -0.39 is 68.4 Å². The first kappa shape index (κ1) is 22.1. The van der Waals surface area contributed by atoms with Gasteiger partial charge in [-0.3, -0.25) is 4.79 Å². The Bertz CT molecular complexity index is 341. The van der Waals surface area contributed by atoms with Gasteiger partial charge in [-0.2, -0.15) is 39.5 Å². The molecule has 0 saturated carbocycles. The third kappa shape index (κ3) is 9.71. The zero-order chi connectivity index (χ0) is 18.5. The van der Waals surface area contributed by atoms with Crippen LogP contribution in [0.15, 0.2) is 0 Å². The molecule has 0 aromatic heterocycles. The second-order valence-corrected chi connectivity index (χ2v) is 5.53. The van der Waals surface area contributed by atoms with Crippen molar-refractivity contribution in [3.05, 3.63) is 0 Å². The molecule has 0 rings (SSSR count). The van der Waals surface area contributed by atoms with Gasteiger partial charge in [0.1, 0.15) is 0 Å². The Morgan fingerprint density at radius 1 is 0.652 bits per heavy atom. The van der Waals surface area contributed by atoms with E-state index >= 15 is 0 Å². The number of halogens is 9. The minimum Gasteiger partial charge on any atom is -0.528 e. The van der Waals surface area contributed by atoms with E-state index in [0.717, 1.165) is 0 Å². The normalized spacial score (nSPS) is 14.1. The third-order valence-corrected chi connectivity index (χ3v) is 3.65. The van der Waals surface area contributed by atoms with E-state index in [0.29, 0.717) is 0 Å². The first-order valence-electron chi connectivity index (χ1n) is 6.39. The lowest BCUT2D eigenvalue weighted by molar-refractivity contribution is -0.171. The van der Waals surface area contributed by atoms with Crippen molar-refractivity contribution >= 4 is 16.5 Å². The molecular weight excluding hydrogens is 363 g/mol. The summed E-state index contributed by atoms with van der Waals surface area (Å²) >= 11 is 0. The van der Waals surface area contributed by atoms with Gasteiger partial charge in [0.25, 0.3) is 5.97 Å². The molecule has 0 N–H and O–H groups in total. The summed E-state index contributed by atoms with van der Waals surface area (Å²) in [7, 11) is -0.350. The van der Waals surface area contributed by atoms with Crippen LogP contribution in [0.5, 0.6) is 0 Å². The standard InChI is InChI=1S/C11H15F9O2Si/c12-9(13,14)4-1-8(7(21)22-23,2-5-10(15,16)17)3-6-11(18,19)20/h1-6H2,23H3. The van der Waals surface area contributed by atoms with E-state index in [-0.39, 0.29) is 10.5 Å². The monoisotopic (exact) mass is 378 g/mol. The summed E-state index contributed by atoms with van der Waals surface area (Å²) in [4.78, 5) is 11.7. The average Bonchev–Trinajstić information content (AvgIpc) is 2.34. The lowest BCUT2D eigenvalue weighted by Crippen LogP contribution is -2.36. The Hall–Kier alpha value is -0.943. The fraction of sp³-hybridized carbons (Fsp3) is 0.909. The van der Waals surface area contributed by atoms with Gasteiger partial charge in [0.2, 0.25) is 10.5 Å². The molecule has 0 aliphatic heterocycles. The summed E-state index contributed by atoms with van der Waals surface area (Å²) in [5, 5.41) is 0. The van der Waals surface area contributed by atoms with Gasteiger partial charge in [0.05, 0.1) is 5.41 Å². The molecule has 0 fully saturated rings. The third-order valence-electron chi connectivity index (χ3n) is 3.28. The van der Waals surface area contributed by atoms with E-state index in [1.54, 1.807) is 0 Å². The molecule has 0 aliphatic carbocycles. The fourth-order valence-electron chi connectivity index (χ4n) is 2.04. The Balaban J connectivity index is 5.39. The Labute approximate surface area is 128 Å². The lowest BCUT2D eigenvalue weighted by atomic mass is 9.75. The SMILES string of the molecule is O=C(O[SiH3])C(CCC(F)(F)F)(CCC(F)(F)F)CCC(F)(F)F. The van der Waals surface area contributed by atoms with Crippen LogP contribution in [0.1, 0.15) is 38.5 Å². The quantitative estimate of drug-likeness (QED) is 0.497. The number of hydrogen-bond acceptors (Lipinski definition) is 2. The molecule has 0 bridgehead atoms. The van der Waals surface area contributed by atoms with Gasteiger partial charge < -0.3 is 4.43 Å². The van der Waals surface area contributed by atoms with Crippen LogP contribution in [0.4, 0.5) is 39.5 Å². The van der Waals surface area contributed by atoms with Crippen LogP contribution in [-0.2, 0) is 9.22 Å². The smallest absolute Gasteiger partial charge is 0.389 e. The molecule has 2 nitrogen and oxygen atoms in total. The maximum absolute atomic E-state index is 12.3. The zero-order valence-corrected chi connectivity index (χ0v) is 14.0. The minimum absolute atomic E-state index is 0.350. The summed E-state index contributed by atoms with van der Waals surface area (Å²) in [6.45, 7) is 0. The molecule has 0 amide bonds. The minimum atomic E-state index is -4.81. The maximum Gasteiger partial charge on any atom is 0.389 e. The van der Waals surface area contributed by atoms with E-state index in [4.69, 9.17) is 0 Å². The van der Waals surface area contributed by atoms with Crippen molar-refractivity contribution in [2.45, 2.75) is 57.1 Å². The fourth-order valence-corrected chi connectivity index (χ4v) is 2.47. The molecule has 0 spiro atoms. The summed E-state index contributed by atoms with van der Waals surface area (Å²) in [6, 6.07) is 0. The average molecular weight is 378 g/mol. The van der Waals surface area contributed by atoms with Gasteiger partial charge in [-0.1, -0.05) is 0 Å². The van der Waals surface area contributed by atoms with Gasteiger partial charge in [-0.05, 0) is 19.3 Å². The van der Waals surface area contributed by atoms with Crippen molar-refractivity contribution in [2.75, 3.05) is 0 Å². The molecule has 23 heavy (non-hydrogen) atoms. The van der Waals surface area contributed by atoms with Crippen LogP contribution >= 0.6 is 0 Å². The summed E-state index contributed by atoms with van der Waals surface area (Å²) in [6.07, 6.45) is -23.0.